The van der Waals surface area contributed by atoms with E-state index >= 15 is 0 Å². The van der Waals surface area contributed by atoms with Crippen LogP contribution in [-0.4, -0.2) is 51.2 Å². The molecule has 2 aromatic rings. The van der Waals surface area contributed by atoms with Crippen molar-refractivity contribution in [2.75, 3.05) is 19.6 Å². The Hall–Kier alpha value is -2.76. The largest absolute Gasteiger partial charge is 0.338 e. The SMILES string of the molecule is C[C@@]1(C2CCN(C(=O)c3cnccn3)CC2)CCCCN(Cc2ccccc2)C1=O. The van der Waals surface area contributed by atoms with Gasteiger partial charge in [-0.2, -0.15) is 0 Å². The first-order chi connectivity index (χ1) is 14.6. The summed E-state index contributed by atoms with van der Waals surface area (Å²) in [6.07, 6.45) is 9.41. The second kappa shape index (κ2) is 8.94. The molecule has 158 valence electrons. The molecule has 6 nitrogen and oxygen atoms in total. The highest BCUT2D eigenvalue weighted by molar-refractivity contribution is 5.92. The Morgan fingerprint density at radius 3 is 2.57 bits per heavy atom. The highest BCUT2D eigenvalue weighted by Crippen LogP contribution is 2.43. The first kappa shape index (κ1) is 20.5. The molecule has 2 aliphatic rings. The predicted molar refractivity (Wildman–Crippen MR) is 114 cm³/mol. The molecule has 30 heavy (non-hydrogen) atoms. The number of carbonyl (C=O) groups excluding carboxylic acids is 2. The van der Waals surface area contributed by atoms with Crippen LogP contribution >= 0.6 is 0 Å². The van der Waals surface area contributed by atoms with Crippen molar-refractivity contribution in [2.24, 2.45) is 11.3 Å². The van der Waals surface area contributed by atoms with E-state index in [1.165, 1.54) is 11.8 Å². The van der Waals surface area contributed by atoms with Gasteiger partial charge in [0.15, 0.2) is 0 Å². The standard InChI is InChI=1S/C24H30N4O2/c1-24(11-5-6-14-28(23(24)30)18-19-7-3-2-4-8-19)20-9-15-27(16-10-20)22(29)21-17-25-12-13-26-21/h2-4,7-8,12-13,17,20H,5-6,9-11,14-16,18H2,1H3/t24-/m0/s1. The molecule has 0 N–H and O–H groups in total. The van der Waals surface area contributed by atoms with E-state index in [-0.39, 0.29) is 17.2 Å². The third-order valence-electron chi connectivity index (χ3n) is 6.83. The number of piperidine rings is 1. The van der Waals surface area contributed by atoms with Crippen LogP contribution in [0.15, 0.2) is 48.9 Å². The average Bonchev–Trinajstić information content (AvgIpc) is 2.94. The Morgan fingerprint density at radius 2 is 1.87 bits per heavy atom. The number of hydrogen-bond donors (Lipinski definition) is 0. The maximum Gasteiger partial charge on any atom is 0.274 e. The molecule has 2 fully saturated rings. The van der Waals surface area contributed by atoms with Gasteiger partial charge in [-0.3, -0.25) is 14.6 Å². The lowest BCUT2D eigenvalue weighted by Gasteiger charge is -2.42. The number of hydrogen-bond acceptors (Lipinski definition) is 4. The predicted octanol–water partition coefficient (Wildman–Crippen LogP) is 3.55. The van der Waals surface area contributed by atoms with Crippen molar-refractivity contribution < 1.29 is 9.59 Å². The summed E-state index contributed by atoms with van der Waals surface area (Å²) >= 11 is 0. The van der Waals surface area contributed by atoms with E-state index in [2.05, 4.69) is 33.9 Å². The molecule has 0 bridgehead atoms. The zero-order valence-corrected chi connectivity index (χ0v) is 17.7. The highest BCUT2D eigenvalue weighted by atomic mass is 16.2. The summed E-state index contributed by atoms with van der Waals surface area (Å²) in [7, 11) is 0. The van der Waals surface area contributed by atoms with Crippen LogP contribution in [0.25, 0.3) is 0 Å². The minimum atomic E-state index is -0.354. The zero-order chi connectivity index (χ0) is 21.0. The van der Waals surface area contributed by atoms with Gasteiger partial charge in [0.05, 0.1) is 6.20 Å². The molecule has 2 saturated heterocycles. The van der Waals surface area contributed by atoms with Crippen molar-refractivity contribution in [3.05, 3.63) is 60.2 Å². The fraction of sp³-hybridized carbons (Fsp3) is 0.500. The number of carbonyl (C=O) groups is 2. The molecule has 2 aliphatic heterocycles. The molecular formula is C24H30N4O2. The lowest BCUT2D eigenvalue weighted by Crippen LogP contribution is -2.49. The smallest absolute Gasteiger partial charge is 0.274 e. The molecule has 0 spiro atoms. The van der Waals surface area contributed by atoms with Crippen molar-refractivity contribution in [1.82, 2.24) is 19.8 Å². The lowest BCUT2D eigenvalue weighted by atomic mass is 9.69. The third-order valence-corrected chi connectivity index (χ3v) is 6.83. The van der Waals surface area contributed by atoms with E-state index in [0.717, 1.165) is 38.6 Å². The molecule has 3 heterocycles. The lowest BCUT2D eigenvalue weighted by molar-refractivity contribution is -0.145. The van der Waals surface area contributed by atoms with Gasteiger partial charge in [0.2, 0.25) is 5.91 Å². The van der Waals surface area contributed by atoms with Crippen molar-refractivity contribution >= 4 is 11.8 Å². The Bertz CT molecular complexity index is 865. The van der Waals surface area contributed by atoms with Crippen molar-refractivity contribution in [2.45, 2.75) is 45.6 Å². The summed E-state index contributed by atoms with van der Waals surface area (Å²) in [4.78, 5) is 38.4. The number of nitrogens with zero attached hydrogens (tertiary/aromatic N) is 4. The maximum absolute atomic E-state index is 13.6. The summed E-state index contributed by atoms with van der Waals surface area (Å²) in [5.74, 6) is 0.513. The van der Waals surface area contributed by atoms with Crippen LogP contribution in [0.5, 0.6) is 0 Å². The normalized spacial score (nSPS) is 23.3. The fourth-order valence-electron chi connectivity index (χ4n) is 4.99. The first-order valence-electron chi connectivity index (χ1n) is 11.0. The molecule has 1 aromatic heterocycles. The van der Waals surface area contributed by atoms with E-state index in [0.29, 0.717) is 31.2 Å². The van der Waals surface area contributed by atoms with E-state index in [1.807, 2.05) is 23.1 Å². The van der Waals surface area contributed by atoms with Gasteiger partial charge in [0.1, 0.15) is 5.69 Å². The molecule has 0 aliphatic carbocycles. The van der Waals surface area contributed by atoms with Crippen molar-refractivity contribution in [1.29, 1.82) is 0 Å². The van der Waals surface area contributed by atoms with Gasteiger partial charge < -0.3 is 9.80 Å². The number of rotatable bonds is 4. The Balaban J connectivity index is 1.43. The monoisotopic (exact) mass is 406 g/mol. The maximum atomic E-state index is 13.6. The van der Waals surface area contributed by atoms with E-state index in [4.69, 9.17) is 0 Å². The van der Waals surface area contributed by atoms with Gasteiger partial charge >= 0.3 is 0 Å². The Labute approximate surface area is 178 Å². The average molecular weight is 407 g/mol. The fourth-order valence-corrected chi connectivity index (χ4v) is 4.99. The minimum Gasteiger partial charge on any atom is -0.338 e. The van der Waals surface area contributed by atoms with E-state index in [9.17, 15) is 9.59 Å². The Kier molecular flexibility index (Phi) is 6.11. The minimum absolute atomic E-state index is 0.0652. The van der Waals surface area contributed by atoms with Crippen molar-refractivity contribution in [3.8, 4) is 0 Å². The number of likely N-dealkylation sites (tertiary alicyclic amines) is 2. The van der Waals surface area contributed by atoms with Crippen LogP contribution in [0.2, 0.25) is 0 Å². The molecule has 4 rings (SSSR count). The number of aromatic nitrogens is 2. The molecule has 0 saturated carbocycles. The van der Waals surface area contributed by atoms with Crippen molar-refractivity contribution in [3.63, 3.8) is 0 Å². The molecule has 0 radical (unpaired) electrons. The van der Waals surface area contributed by atoms with Crippen LogP contribution in [-0.2, 0) is 11.3 Å². The first-order valence-corrected chi connectivity index (χ1v) is 11.0. The van der Waals surface area contributed by atoms with Crippen LogP contribution in [0.3, 0.4) is 0 Å². The van der Waals surface area contributed by atoms with Crippen LogP contribution in [0.4, 0.5) is 0 Å². The summed E-state index contributed by atoms with van der Waals surface area (Å²) in [6.45, 7) is 5.00. The van der Waals surface area contributed by atoms with Gasteiger partial charge in [-0.1, -0.05) is 43.7 Å². The second-order valence-corrected chi connectivity index (χ2v) is 8.74. The van der Waals surface area contributed by atoms with Gasteiger partial charge in [0.25, 0.3) is 5.91 Å². The summed E-state index contributed by atoms with van der Waals surface area (Å²) in [6, 6.07) is 10.2. The summed E-state index contributed by atoms with van der Waals surface area (Å²) < 4.78 is 0. The summed E-state index contributed by atoms with van der Waals surface area (Å²) in [5, 5.41) is 0. The molecule has 2 amide bonds. The van der Waals surface area contributed by atoms with Crippen LogP contribution in [0, 0.1) is 11.3 Å². The van der Waals surface area contributed by atoms with Crippen LogP contribution in [0.1, 0.15) is 55.1 Å². The van der Waals surface area contributed by atoms with E-state index in [1.54, 1.807) is 12.4 Å². The van der Waals surface area contributed by atoms with Gasteiger partial charge in [0, 0.05) is 44.0 Å². The van der Waals surface area contributed by atoms with Gasteiger partial charge in [-0.25, -0.2) is 4.98 Å². The summed E-state index contributed by atoms with van der Waals surface area (Å²) in [5.41, 5.74) is 1.22. The number of amides is 2. The molecule has 1 aromatic carbocycles. The molecule has 6 heteroatoms. The quantitative estimate of drug-likeness (QED) is 0.779. The van der Waals surface area contributed by atoms with Crippen LogP contribution < -0.4 is 0 Å². The topological polar surface area (TPSA) is 66.4 Å². The molecule has 1 atom stereocenters. The van der Waals surface area contributed by atoms with E-state index < -0.39 is 0 Å². The van der Waals surface area contributed by atoms with Gasteiger partial charge in [-0.05, 0) is 37.2 Å². The third kappa shape index (κ3) is 4.23. The molecular weight excluding hydrogens is 376 g/mol. The zero-order valence-electron chi connectivity index (χ0n) is 17.7. The number of benzene rings is 1. The molecule has 0 unspecified atom stereocenters. The highest BCUT2D eigenvalue weighted by Gasteiger charge is 2.45. The second-order valence-electron chi connectivity index (χ2n) is 8.74. The Morgan fingerprint density at radius 1 is 1.10 bits per heavy atom. The van der Waals surface area contributed by atoms with Gasteiger partial charge in [-0.15, -0.1) is 0 Å².